The van der Waals surface area contributed by atoms with Crippen LogP contribution in [0.2, 0.25) is 5.02 Å². The highest BCUT2D eigenvalue weighted by atomic mass is 35.5. The van der Waals surface area contributed by atoms with Gasteiger partial charge in [-0.05, 0) is 43.2 Å². The summed E-state index contributed by atoms with van der Waals surface area (Å²) in [5.74, 6) is -1.79. The fourth-order valence-electron chi connectivity index (χ4n) is 2.94. The molecule has 0 saturated carbocycles. The molecule has 2 aromatic rings. The van der Waals surface area contributed by atoms with E-state index in [1.807, 2.05) is 24.3 Å². The number of carbonyl (C=O) groups is 1. The first-order chi connectivity index (χ1) is 11.5. The van der Waals surface area contributed by atoms with Crippen LogP contribution in [0, 0.1) is 17.6 Å². The predicted molar refractivity (Wildman–Crippen MR) is 91.4 cm³/mol. The molecule has 0 bridgehead atoms. The number of rotatable bonds is 3. The van der Waals surface area contributed by atoms with E-state index >= 15 is 0 Å². The number of benzene rings is 2. The minimum atomic E-state index is -0.707. The lowest BCUT2D eigenvalue weighted by atomic mass is 9.95. The van der Waals surface area contributed by atoms with Crippen molar-refractivity contribution in [1.82, 2.24) is 0 Å². The number of amides is 1. The number of anilines is 2. The Hall–Kier alpha value is -2.14. The molecule has 0 unspecified atom stereocenters. The molecule has 0 atom stereocenters. The summed E-state index contributed by atoms with van der Waals surface area (Å²) in [5.41, 5.74) is 1.18. The van der Waals surface area contributed by atoms with Gasteiger partial charge >= 0.3 is 0 Å². The van der Waals surface area contributed by atoms with Gasteiger partial charge in [0.1, 0.15) is 11.6 Å². The maximum absolute atomic E-state index is 13.2. The third-order valence-electron chi connectivity index (χ3n) is 4.17. The maximum Gasteiger partial charge on any atom is 0.227 e. The fraction of sp³-hybridized carbons (Fsp3) is 0.278. The van der Waals surface area contributed by atoms with E-state index in [9.17, 15) is 13.6 Å². The van der Waals surface area contributed by atoms with Gasteiger partial charge in [-0.15, -0.1) is 0 Å². The molecule has 126 valence electrons. The molecule has 1 saturated heterocycles. The number of piperidine rings is 1. The molecule has 24 heavy (non-hydrogen) atoms. The molecule has 1 amide bonds. The van der Waals surface area contributed by atoms with Crippen molar-refractivity contribution in [2.75, 3.05) is 23.3 Å². The standard InChI is InChI=1S/C18H17ClF2N2O/c19-13-2-1-3-17(8-13)23-6-4-12(5-7-23)18(24)22-16-10-14(20)9-15(21)11-16/h1-3,8-12H,4-7H2,(H,22,24). The van der Waals surface area contributed by atoms with E-state index in [1.54, 1.807) is 0 Å². The number of carbonyl (C=O) groups excluding carboxylic acids is 1. The number of halogens is 3. The largest absolute Gasteiger partial charge is 0.371 e. The third-order valence-corrected chi connectivity index (χ3v) is 4.40. The normalized spacial score (nSPS) is 15.4. The van der Waals surface area contributed by atoms with Crippen molar-refractivity contribution in [2.45, 2.75) is 12.8 Å². The molecule has 1 fully saturated rings. The highest BCUT2D eigenvalue weighted by Gasteiger charge is 2.25. The van der Waals surface area contributed by atoms with Crippen LogP contribution in [0.15, 0.2) is 42.5 Å². The minimum absolute atomic E-state index is 0.148. The maximum atomic E-state index is 13.2. The van der Waals surface area contributed by atoms with Gasteiger partial charge in [-0.1, -0.05) is 17.7 Å². The molecule has 0 aromatic heterocycles. The van der Waals surface area contributed by atoms with Crippen LogP contribution in [0.3, 0.4) is 0 Å². The number of hydrogen-bond acceptors (Lipinski definition) is 2. The van der Waals surface area contributed by atoms with Crippen LogP contribution in [0.25, 0.3) is 0 Å². The van der Waals surface area contributed by atoms with Crippen molar-refractivity contribution in [3.05, 3.63) is 59.1 Å². The van der Waals surface area contributed by atoms with Crippen molar-refractivity contribution in [3.63, 3.8) is 0 Å². The zero-order valence-corrected chi connectivity index (χ0v) is 13.7. The lowest BCUT2D eigenvalue weighted by Gasteiger charge is -2.33. The first kappa shape index (κ1) is 16.7. The molecule has 0 spiro atoms. The van der Waals surface area contributed by atoms with Crippen molar-refractivity contribution in [1.29, 1.82) is 0 Å². The van der Waals surface area contributed by atoms with Gasteiger partial charge in [0.15, 0.2) is 0 Å². The summed E-state index contributed by atoms with van der Waals surface area (Å²) >= 11 is 6.01. The second kappa shape index (κ2) is 7.18. The lowest BCUT2D eigenvalue weighted by Crippen LogP contribution is -2.38. The smallest absolute Gasteiger partial charge is 0.227 e. The molecule has 2 aromatic carbocycles. The SMILES string of the molecule is O=C(Nc1cc(F)cc(F)c1)C1CCN(c2cccc(Cl)c2)CC1. The van der Waals surface area contributed by atoms with Crippen LogP contribution < -0.4 is 10.2 Å². The molecule has 1 heterocycles. The quantitative estimate of drug-likeness (QED) is 0.885. The van der Waals surface area contributed by atoms with Gasteiger partial charge in [0, 0.05) is 41.5 Å². The van der Waals surface area contributed by atoms with Gasteiger partial charge in [-0.25, -0.2) is 8.78 Å². The second-order valence-corrected chi connectivity index (χ2v) is 6.33. The van der Waals surface area contributed by atoms with Crippen LogP contribution in [-0.4, -0.2) is 19.0 Å². The van der Waals surface area contributed by atoms with Gasteiger partial charge in [-0.3, -0.25) is 4.79 Å². The average Bonchev–Trinajstić information content (AvgIpc) is 2.54. The average molecular weight is 351 g/mol. The Kier molecular flexibility index (Phi) is 5.00. The Morgan fingerprint density at radius 2 is 1.75 bits per heavy atom. The summed E-state index contributed by atoms with van der Waals surface area (Å²) in [6.07, 6.45) is 1.35. The van der Waals surface area contributed by atoms with Crippen molar-refractivity contribution in [2.24, 2.45) is 5.92 Å². The molecule has 0 aliphatic carbocycles. The summed E-state index contributed by atoms with van der Waals surface area (Å²) in [5, 5.41) is 3.28. The van der Waals surface area contributed by atoms with Crippen LogP contribution in [0.1, 0.15) is 12.8 Å². The van der Waals surface area contributed by atoms with E-state index < -0.39 is 11.6 Å². The zero-order valence-electron chi connectivity index (χ0n) is 12.9. The first-order valence-corrected chi connectivity index (χ1v) is 8.16. The Morgan fingerprint density at radius 1 is 1.08 bits per heavy atom. The molecular formula is C18H17ClF2N2O. The third kappa shape index (κ3) is 4.03. The van der Waals surface area contributed by atoms with Gasteiger partial charge in [-0.2, -0.15) is 0 Å². The number of nitrogens with one attached hydrogen (secondary N) is 1. The summed E-state index contributed by atoms with van der Waals surface area (Å²) < 4.78 is 26.4. The topological polar surface area (TPSA) is 32.3 Å². The zero-order chi connectivity index (χ0) is 17.1. The lowest BCUT2D eigenvalue weighted by molar-refractivity contribution is -0.120. The Bertz CT molecular complexity index is 725. The minimum Gasteiger partial charge on any atom is -0.371 e. The molecule has 1 aliphatic heterocycles. The van der Waals surface area contributed by atoms with E-state index in [1.165, 1.54) is 0 Å². The van der Waals surface area contributed by atoms with E-state index in [2.05, 4.69) is 10.2 Å². The predicted octanol–water partition coefficient (Wildman–Crippen LogP) is 4.47. The van der Waals surface area contributed by atoms with Gasteiger partial charge < -0.3 is 10.2 Å². The Morgan fingerprint density at radius 3 is 2.38 bits per heavy atom. The summed E-state index contributed by atoms with van der Waals surface area (Å²) in [7, 11) is 0. The number of nitrogens with zero attached hydrogens (tertiary/aromatic N) is 1. The fourth-order valence-corrected chi connectivity index (χ4v) is 3.13. The molecule has 1 N–H and O–H groups in total. The molecule has 3 nitrogen and oxygen atoms in total. The van der Waals surface area contributed by atoms with Crippen LogP contribution >= 0.6 is 11.6 Å². The van der Waals surface area contributed by atoms with Crippen LogP contribution in [0.4, 0.5) is 20.2 Å². The monoisotopic (exact) mass is 350 g/mol. The Balaban J connectivity index is 1.59. The van der Waals surface area contributed by atoms with Crippen LogP contribution in [0.5, 0.6) is 0 Å². The van der Waals surface area contributed by atoms with Crippen molar-refractivity contribution >= 4 is 28.9 Å². The van der Waals surface area contributed by atoms with E-state index in [0.29, 0.717) is 17.9 Å². The highest BCUT2D eigenvalue weighted by Crippen LogP contribution is 2.26. The second-order valence-electron chi connectivity index (χ2n) is 5.89. The summed E-state index contributed by atoms with van der Waals surface area (Å²) in [6, 6.07) is 10.6. The van der Waals surface area contributed by atoms with E-state index in [4.69, 9.17) is 11.6 Å². The first-order valence-electron chi connectivity index (χ1n) is 7.79. The molecule has 6 heteroatoms. The summed E-state index contributed by atoms with van der Waals surface area (Å²) in [6.45, 7) is 1.46. The van der Waals surface area contributed by atoms with Gasteiger partial charge in [0.2, 0.25) is 5.91 Å². The highest BCUT2D eigenvalue weighted by molar-refractivity contribution is 6.30. The van der Waals surface area contributed by atoms with E-state index in [0.717, 1.165) is 37.0 Å². The molecule has 3 rings (SSSR count). The molecule has 0 radical (unpaired) electrons. The van der Waals surface area contributed by atoms with E-state index in [-0.39, 0.29) is 17.5 Å². The van der Waals surface area contributed by atoms with Crippen LogP contribution in [-0.2, 0) is 4.79 Å². The number of hydrogen-bond donors (Lipinski definition) is 1. The summed E-state index contributed by atoms with van der Waals surface area (Å²) in [4.78, 5) is 14.5. The van der Waals surface area contributed by atoms with Crippen molar-refractivity contribution in [3.8, 4) is 0 Å². The van der Waals surface area contributed by atoms with Crippen molar-refractivity contribution < 1.29 is 13.6 Å². The molecular weight excluding hydrogens is 334 g/mol. The van der Waals surface area contributed by atoms with Gasteiger partial charge in [0.25, 0.3) is 0 Å². The van der Waals surface area contributed by atoms with Gasteiger partial charge in [0.05, 0.1) is 0 Å². The molecule has 1 aliphatic rings. The Labute approximate surface area is 144 Å².